The molecule has 3 aromatic rings. The summed E-state index contributed by atoms with van der Waals surface area (Å²) in [5.74, 6) is 9.83. The van der Waals surface area contributed by atoms with Gasteiger partial charge in [0.25, 0.3) is 0 Å². The molecule has 0 aromatic carbocycles. The molecule has 6 rings (SSSR count). The fourth-order valence-electron chi connectivity index (χ4n) is 4.81. The Morgan fingerprint density at radius 3 is 2.69 bits per heavy atom. The number of ether oxygens (including phenoxy) is 2. The summed E-state index contributed by atoms with van der Waals surface area (Å²) in [6.45, 7) is 3.91. The molecule has 6 heterocycles. The molecule has 3 aliphatic rings. The Hall–Kier alpha value is -3.21. The molecule has 11 heteroatoms. The average Bonchev–Trinajstić information content (AvgIpc) is 3.45. The van der Waals surface area contributed by atoms with Gasteiger partial charge in [-0.25, -0.2) is 24.6 Å². The summed E-state index contributed by atoms with van der Waals surface area (Å²) in [5, 5.41) is 3.59. The number of nitrogen functional groups attached to an aromatic ring is 1. The Balaban J connectivity index is 1.20. The maximum Gasteiger partial charge on any atom is 0.227 e. The molecule has 0 amide bonds. The molecule has 11 nitrogen and oxygen atoms in total. The average molecular weight is 438 g/mol. The van der Waals surface area contributed by atoms with Gasteiger partial charge in [0.05, 0.1) is 18.5 Å². The normalized spacial score (nSPS) is 19.8. The molecule has 0 unspecified atom stereocenters. The molecule has 2 saturated heterocycles. The lowest BCUT2D eigenvalue weighted by molar-refractivity contribution is 0.0903. The zero-order valence-corrected chi connectivity index (χ0v) is 17.9. The fraction of sp³-hybridized carbons (Fsp3) is 0.571. The molecule has 0 saturated carbocycles. The SMILES string of the molecule is Nn1c(C2CCN(c3nc4c(c(NC5CCOCC5)n3)OCC4)CC2)nc2ncncc21. The van der Waals surface area contributed by atoms with Gasteiger partial charge in [0.1, 0.15) is 17.7 Å². The second kappa shape index (κ2) is 8.05. The molecule has 0 bridgehead atoms. The van der Waals surface area contributed by atoms with Gasteiger partial charge in [-0.3, -0.25) is 0 Å². The van der Waals surface area contributed by atoms with Gasteiger partial charge in [0, 0.05) is 44.7 Å². The van der Waals surface area contributed by atoms with E-state index in [1.165, 1.54) is 6.33 Å². The van der Waals surface area contributed by atoms with Gasteiger partial charge in [0.2, 0.25) is 5.95 Å². The van der Waals surface area contributed by atoms with E-state index in [4.69, 9.17) is 25.3 Å². The van der Waals surface area contributed by atoms with Crippen molar-refractivity contribution in [3.05, 3.63) is 24.0 Å². The molecule has 0 spiro atoms. The van der Waals surface area contributed by atoms with Gasteiger partial charge in [-0.2, -0.15) is 4.98 Å². The lowest BCUT2D eigenvalue weighted by Crippen LogP contribution is -2.36. The minimum absolute atomic E-state index is 0.267. The molecule has 0 atom stereocenters. The predicted molar refractivity (Wildman–Crippen MR) is 118 cm³/mol. The minimum atomic E-state index is 0.267. The van der Waals surface area contributed by atoms with Gasteiger partial charge >= 0.3 is 0 Å². The zero-order chi connectivity index (χ0) is 21.5. The number of aromatic nitrogens is 6. The van der Waals surface area contributed by atoms with Crippen molar-refractivity contribution in [3.8, 4) is 5.75 Å². The highest BCUT2D eigenvalue weighted by molar-refractivity contribution is 5.70. The Morgan fingerprint density at radius 1 is 1.03 bits per heavy atom. The van der Waals surface area contributed by atoms with Crippen molar-refractivity contribution in [2.45, 2.75) is 44.1 Å². The number of anilines is 2. The first-order valence-electron chi connectivity index (χ1n) is 11.3. The van der Waals surface area contributed by atoms with Crippen LogP contribution in [0.5, 0.6) is 5.75 Å². The molecule has 0 aliphatic carbocycles. The number of nitrogens with one attached hydrogen (secondary N) is 1. The van der Waals surface area contributed by atoms with E-state index in [1.807, 2.05) is 0 Å². The van der Waals surface area contributed by atoms with Crippen LogP contribution in [0.15, 0.2) is 12.5 Å². The number of piperidine rings is 1. The molecule has 3 aliphatic heterocycles. The van der Waals surface area contributed by atoms with E-state index < -0.39 is 0 Å². The maximum absolute atomic E-state index is 6.29. The summed E-state index contributed by atoms with van der Waals surface area (Å²) in [5.41, 5.74) is 2.40. The van der Waals surface area contributed by atoms with Gasteiger partial charge in [0.15, 0.2) is 17.2 Å². The van der Waals surface area contributed by atoms with Crippen LogP contribution in [0, 0.1) is 0 Å². The van der Waals surface area contributed by atoms with Crippen molar-refractivity contribution in [1.29, 1.82) is 0 Å². The van der Waals surface area contributed by atoms with Crippen molar-refractivity contribution in [2.75, 3.05) is 49.0 Å². The maximum atomic E-state index is 6.29. The van der Waals surface area contributed by atoms with Crippen LogP contribution in [-0.2, 0) is 11.2 Å². The Bertz CT molecular complexity index is 1120. The van der Waals surface area contributed by atoms with E-state index in [2.05, 4.69) is 25.2 Å². The van der Waals surface area contributed by atoms with Crippen molar-refractivity contribution in [2.24, 2.45) is 0 Å². The summed E-state index contributed by atoms with van der Waals surface area (Å²) in [4.78, 5) is 24.9. The third-order valence-electron chi connectivity index (χ3n) is 6.61. The molecular formula is C21H27N9O2. The first-order valence-corrected chi connectivity index (χ1v) is 11.3. The topological polar surface area (TPSA) is 129 Å². The van der Waals surface area contributed by atoms with Crippen LogP contribution in [0.4, 0.5) is 11.8 Å². The van der Waals surface area contributed by atoms with Crippen molar-refractivity contribution in [1.82, 2.24) is 29.6 Å². The highest BCUT2D eigenvalue weighted by Crippen LogP contribution is 2.36. The Kier molecular flexibility index (Phi) is 4.90. The highest BCUT2D eigenvalue weighted by atomic mass is 16.5. The standard InChI is InChI=1S/C21H27N9O2/c22-30-16-11-23-12-24-18(16)27-20(30)13-1-6-29(7-2-13)21-26-15-5-10-32-17(15)19(28-21)25-14-3-8-31-9-4-14/h11-14H,1-10,22H2,(H,25,26,28). The zero-order valence-electron chi connectivity index (χ0n) is 17.9. The molecule has 2 fully saturated rings. The fourth-order valence-corrected chi connectivity index (χ4v) is 4.81. The lowest BCUT2D eigenvalue weighted by Gasteiger charge is -2.32. The monoisotopic (exact) mass is 437 g/mol. The van der Waals surface area contributed by atoms with Crippen molar-refractivity contribution >= 4 is 22.9 Å². The third kappa shape index (κ3) is 3.46. The smallest absolute Gasteiger partial charge is 0.227 e. The number of hydrogen-bond donors (Lipinski definition) is 2. The molecular weight excluding hydrogens is 410 g/mol. The van der Waals surface area contributed by atoms with Crippen LogP contribution in [0.2, 0.25) is 0 Å². The number of rotatable bonds is 4. The summed E-state index contributed by atoms with van der Waals surface area (Å²) >= 11 is 0. The lowest BCUT2D eigenvalue weighted by atomic mass is 9.96. The van der Waals surface area contributed by atoms with Crippen LogP contribution < -0.4 is 20.8 Å². The summed E-state index contributed by atoms with van der Waals surface area (Å²) in [6, 6.07) is 0.353. The molecule has 3 aromatic heterocycles. The number of imidazole rings is 1. The van der Waals surface area contributed by atoms with Gasteiger partial charge < -0.3 is 25.5 Å². The van der Waals surface area contributed by atoms with Crippen molar-refractivity contribution < 1.29 is 9.47 Å². The summed E-state index contributed by atoms with van der Waals surface area (Å²) < 4.78 is 13.0. The minimum Gasteiger partial charge on any atom is -0.487 e. The van der Waals surface area contributed by atoms with Crippen LogP contribution in [0.25, 0.3) is 11.2 Å². The van der Waals surface area contributed by atoms with Gasteiger partial charge in [-0.15, -0.1) is 0 Å². The van der Waals surface area contributed by atoms with E-state index in [0.717, 1.165) is 93.0 Å². The molecule has 32 heavy (non-hydrogen) atoms. The summed E-state index contributed by atoms with van der Waals surface area (Å²) in [6.07, 6.45) is 7.83. The quantitative estimate of drug-likeness (QED) is 0.575. The van der Waals surface area contributed by atoms with Crippen LogP contribution >= 0.6 is 0 Å². The molecule has 168 valence electrons. The highest BCUT2D eigenvalue weighted by Gasteiger charge is 2.29. The van der Waals surface area contributed by atoms with E-state index in [1.54, 1.807) is 10.9 Å². The van der Waals surface area contributed by atoms with Crippen molar-refractivity contribution in [3.63, 3.8) is 0 Å². The van der Waals surface area contributed by atoms with Crippen LogP contribution in [0.1, 0.15) is 43.1 Å². The first-order chi connectivity index (χ1) is 15.8. The number of nitrogens with zero attached hydrogens (tertiary/aromatic N) is 7. The van der Waals surface area contributed by atoms with E-state index in [9.17, 15) is 0 Å². The van der Waals surface area contributed by atoms with E-state index in [0.29, 0.717) is 18.3 Å². The van der Waals surface area contributed by atoms with E-state index in [-0.39, 0.29) is 5.92 Å². The van der Waals surface area contributed by atoms with Crippen LogP contribution in [0.3, 0.4) is 0 Å². The summed E-state index contributed by atoms with van der Waals surface area (Å²) in [7, 11) is 0. The van der Waals surface area contributed by atoms with Gasteiger partial charge in [-0.1, -0.05) is 0 Å². The van der Waals surface area contributed by atoms with Gasteiger partial charge in [-0.05, 0) is 25.7 Å². The number of fused-ring (bicyclic) bond motifs is 2. The Labute approximate surface area is 185 Å². The second-order valence-corrected chi connectivity index (χ2v) is 8.61. The molecule has 0 radical (unpaired) electrons. The first kappa shape index (κ1) is 19.5. The van der Waals surface area contributed by atoms with E-state index >= 15 is 0 Å². The second-order valence-electron chi connectivity index (χ2n) is 8.61. The van der Waals surface area contributed by atoms with Crippen LogP contribution in [-0.4, -0.2) is 68.5 Å². The largest absolute Gasteiger partial charge is 0.487 e. The Morgan fingerprint density at radius 2 is 1.88 bits per heavy atom. The number of hydrogen-bond acceptors (Lipinski definition) is 10. The molecule has 3 N–H and O–H groups in total. The predicted octanol–water partition coefficient (Wildman–Crippen LogP) is 1.24. The third-order valence-corrected chi connectivity index (χ3v) is 6.61. The number of nitrogens with two attached hydrogens (primary N) is 1.